The Morgan fingerprint density at radius 1 is 1.04 bits per heavy atom. The highest BCUT2D eigenvalue weighted by atomic mass is 16.2. The van der Waals surface area contributed by atoms with E-state index in [1.54, 1.807) is 6.07 Å². The largest absolute Gasteiger partial charge is 0.366 e. The van der Waals surface area contributed by atoms with Crippen LogP contribution in [0.2, 0.25) is 0 Å². The number of piperidine rings is 1. The maximum atomic E-state index is 12.8. The summed E-state index contributed by atoms with van der Waals surface area (Å²) in [5, 5.41) is 0. The molecule has 25 heavy (non-hydrogen) atoms. The number of amides is 2. The van der Waals surface area contributed by atoms with Gasteiger partial charge in [-0.3, -0.25) is 9.59 Å². The van der Waals surface area contributed by atoms with Gasteiger partial charge in [0.1, 0.15) is 5.69 Å². The zero-order valence-electron chi connectivity index (χ0n) is 14.7. The number of carbonyl (C=O) groups excluding carboxylic acids is 2. The second kappa shape index (κ2) is 5.36. The molecule has 5 nitrogen and oxygen atoms in total. The molecule has 1 spiro atoms. The summed E-state index contributed by atoms with van der Waals surface area (Å²) < 4.78 is 0. The third-order valence-electron chi connectivity index (χ3n) is 7.94. The maximum Gasteiger partial charge on any atom is 0.270 e. The smallest absolute Gasteiger partial charge is 0.270 e. The van der Waals surface area contributed by atoms with Gasteiger partial charge in [-0.15, -0.1) is 0 Å². The van der Waals surface area contributed by atoms with E-state index >= 15 is 0 Å². The fourth-order valence-electron chi connectivity index (χ4n) is 6.90. The third-order valence-corrected chi connectivity index (χ3v) is 7.94. The highest BCUT2D eigenvalue weighted by Crippen LogP contribution is 2.65. The highest BCUT2D eigenvalue weighted by Gasteiger charge is 2.57. The normalized spacial score (nSPS) is 35.3. The van der Waals surface area contributed by atoms with Gasteiger partial charge in [-0.1, -0.05) is 0 Å². The summed E-state index contributed by atoms with van der Waals surface area (Å²) in [6.07, 6.45) is 11.1. The van der Waals surface area contributed by atoms with Crippen molar-refractivity contribution >= 4 is 11.8 Å². The number of aromatic nitrogens is 1. The van der Waals surface area contributed by atoms with Gasteiger partial charge >= 0.3 is 0 Å². The van der Waals surface area contributed by atoms with Gasteiger partial charge in [-0.05, 0) is 80.1 Å². The second-order valence-electron chi connectivity index (χ2n) is 9.00. The molecule has 2 amide bonds. The standard InChI is InChI=1S/C20H27N3O2/c21-18(24)14-10-17(22-11-14)19(25)23-3-1-20(2-4-23)15-6-12-5-13(8-15)9-16(20)7-12/h10-13,15-16,22H,1-9H2,(H2,21,24). The Bertz CT molecular complexity index is 684. The van der Waals surface area contributed by atoms with E-state index in [2.05, 4.69) is 4.98 Å². The molecule has 5 aliphatic rings. The van der Waals surface area contributed by atoms with E-state index in [4.69, 9.17) is 5.73 Å². The SMILES string of the molecule is NC(=O)c1c[nH]c(C(=O)N2CCC3(CC2)C2CC4CC(C2)CC3C4)c1. The summed E-state index contributed by atoms with van der Waals surface area (Å²) in [5.74, 6) is 3.33. The molecule has 0 radical (unpaired) electrons. The number of carbonyl (C=O) groups is 2. The number of H-pyrrole nitrogens is 1. The van der Waals surface area contributed by atoms with E-state index in [0.29, 0.717) is 16.7 Å². The second-order valence-corrected chi connectivity index (χ2v) is 9.00. The molecule has 3 N–H and O–H groups in total. The van der Waals surface area contributed by atoms with Crippen LogP contribution in [0.3, 0.4) is 0 Å². The molecule has 1 aliphatic heterocycles. The molecule has 0 aromatic carbocycles. The van der Waals surface area contributed by atoms with Crippen LogP contribution in [0.5, 0.6) is 0 Å². The molecule has 0 unspecified atom stereocenters. The van der Waals surface area contributed by atoms with Crippen molar-refractivity contribution in [2.75, 3.05) is 13.1 Å². The lowest BCUT2D eigenvalue weighted by Crippen LogP contribution is -2.57. The fraction of sp³-hybridized carbons (Fsp3) is 0.700. The molecule has 4 aliphatic carbocycles. The maximum absolute atomic E-state index is 12.8. The minimum Gasteiger partial charge on any atom is -0.366 e. The fourth-order valence-corrected chi connectivity index (χ4v) is 6.90. The van der Waals surface area contributed by atoms with E-state index in [9.17, 15) is 9.59 Å². The number of hydrogen-bond acceptors (Lipinski definition) is 2. The van der Waals surface area contributed by atoms with Crippen molar-refractivity contribution in [2.24, 2.45) is 34.8 Å². The molecule has 5 fully saturated rings. The van der Waals surface area contributed by atoms with Gasteiger partial charge in [0.05, 0.1) is 5.56 Å². The van der Waals surface area contributed by atoms with Crippen molar-refractivity contribution in [3.05, 3.63) is 23.5 Å². The Balaban J connectivity index is 1.30. The molecular weight excluding hydrogens is 314 g/mol. The first-order valence-corrected chi connectivity index (χ1v) is 9.82. The van der Waals surface area contributed by atoms with Crippen LogP contribution in [0, 0.1) is 29.1 Å². The number of nitrogens with one attached hydrogen (secondary N) is 1. The molecule has 4 bridgehead atoms. The van der Waals surface area contributed by atoms with Crippen molar-refractivity contribution in [1.29, 1.82) is 0 Å². The quantitative estimate of drug-likeness (QED) is 0.867. The van der Waals surface area contributed by atoms with Gasteiger partial charge in [0.15, 0.2) is 0 Å². The third kappa shape index (κ3) is 2.27. The molecule has 1 aromatic rings. The Morgan fingerprint density at radius 2 is 1.64 bits per heavy atom. The van der Waals surface area contributed by atoms with Crippen LogP contribution in [0.4, 0.5) is 0 Å². The lowest BCUT2D eigenvalue weighted by atomic mass is 9.43. The lowest BCUT2D eigenvalue weighted by molar-refractivity contribution is -0.132. The van der Waals surface area contributed by atoms with Gasteiger partial charge in [0, 0.05) is 19.3 Å². The summed E-state index contributed by atoms with van der Waals surface area (Å²) in [7, 11) is 0. The number of rotatable bonds is 2. The lowest BCUT2D eigenvalue weighted by Gasteiger charge is -2.63. The Hall–Kier alpha value is -1.78. The van der Waals surface area contributed by atoms with Crippen LogP contribution in [0.15, 0.2) is 12.3 Å². The number of likely N-dealkylation sites (tertiary alicyclic amines) is 1. The van der Waals surface area contributed by atoms with Crippen molar-refractivity contribution in [2.45, 2.75) is 44.9 Å². The molecule has 4 saturated carbocycles. The first-order chi connectivity index (χ1) is 12.0. The summed E-state index contributed by atoms with van der Waals surface area (Å²) >= 11 is 0. The van der Waals surface area contributed by atoms with Crippen LogP contribution >= 0.6 is 0 Å². The zero-order chi connectivity index (χ0) is 17.2. The molecular formula is C20H27N3O2. The van der Waals surface area contributed by atoms with Crippen molar-refractivity contribution in [3.63, 3.8) is 0 Å². The van der Waals surface area contributed by atoms with Crippen LogP contribution in [-0.2, 0) is 0 Å². The first-order valence-electron chi connectivity index (χ1n) is 9.82. The average Bonchev–Trinajstić information content (AvgIpc) is 3.09. The van der Waals surface area contributed by atoms with Crippen LogP contribution in [0.1, 0.15) is 65.8 Å². The molecule has 6 rings (SSSR count). The summed E-state index contributed by atoms with van der Waals surface area (Å²) in [6.45, 7) is 1.71. The van der Waals surface area contributed by atoms with E-state index in [1.165, 1.54) is 38.3 Å². The Morgan fingerprint density at radius 3 is 2.16 bits per heavy atom. The highest BCUT2D eigenvalue weighted by molar-refractivity contribution is 5.98. The topological polar surface area (TPSA) is 79.2 Å². The Kier molecular flexibility index (Phi) is 3.32. The number of nitrogens with two attached hydrogens (primary N) is 1. The van der Waals surface area contributed by atoms with Gasteiger partial charge in [0.2, 0.25) is 5.91 Å². The predicted molar refractivity (Wildman–Crippen MR) is 93.9 cm³/mol. The molecule has 2 heterocycles. The van der Waals surface area contributed by atoms with E-state index in [-0.39, 0.29) is 5.91 Å². The van der Waals surface area contributed by atoms with Crippen LogP contribution < -0.4 is 5.73 Å². The molecule has 134 valence electrons. The summed E-state index contributed by atoms with van der Waals surface area (Å²) in [6, 6.07) is 1.58. The number of hydrogen-bond donors (Lipinski definition) is 2. The van der Waals surface area contributed by atoms with E-state index < -0.39 is 5.91 Å². The minimum absolute atomic E-state index is 0.00571. The van der Waals surface area contributed by atoms with E-state index in [0.717, 1.165) is 49.6 Å². The van der Waals surface area contributed by atoms with Gasteiger partial charge < -0.3 is 15.6 Å². The van der Waals surface area contributed by atoms with Crippen molar-refractivity contribution in [1.82, 2.24) is 9.88 Å². The number of nitrogens with zero attached hydrogens (tertiary/aromatic N) is 1. The van der Waals surface area contributed by atoms with Gasteiger partial charge in [-0.2, -0.15) is 0 Å². The average molecular weight is 341 g/mol. The molecule has 1 saturated heterocycles. The van der Waals surface area contributed by atoms with Crippen LogP contribution in [0.25, 0.3) is 0 Å². The minimum atomic E-state index is -0.499. The van der Waals surface area contributed by atoms with E-state index in [1.807, 2.05) is 4.90 Å². The monoisotopic (exact) mass is 341 g/mol. The van der Waals surface area contributed by atoms with Gasteiger partial charge in [-0.25, -0.2) is 0 Å². The zero-order valence-corrected chi connectivity index (χ0v) is 14.7. The summed E-state index contributed by atoms with van der Waals surface area (Å²) in [4.78, 5) is 28.9. The Labute approximate surface area is 148 Å². The molecule has 5 heteroatoms. The van der Waals surface area contributed by atoms with Gasteiger partial charge in [0.25, 0.3) is 5.91 Å². The van der Waals surface area contributed by atoms with Crippen molar-refractivity contribution < 1.29 is 9.59 Å². The van der Waals surface area contributed by atoms with Crippen LogP contribution in [-0.4, -0.2) is 34.8 Å². The number of primary amides is 1. The molecule has 0 atom stereocenters. The van der Waals surface area contributed by atoms with Crippen molar-refractivity contribution in [3.8, 4) is 0 Å². The molecule has 1 aromatic heterocycles. The number of aromatic amines is 1. The first kappa shape index (κ1) is 15.5. The summed E-state index contributed by atoms with van der Waals surface area (Å²) in [5.41, 5.74) is 6.65. The predicted octanol–water partition coefficient (Wildman–Crippen LogP) is 2.79.